The summed E-state index contributed by atoms with van der Waals surface area (Å²) < 4.78 is 25.3. The van der Waals surface area contributed by atoms with Gasteiger partial charge in [0, 0.05) is 11.3 Å². The van der Waals surface area contributed by atoms with Crippen molar-refractivity contribution in [2.75, 3.05) is 17.0 Å². The van der Waals surface area contributed by atoms with Crippen LogP contribution < -0.4 is 10.5 Å². The molecule has 17 heavy (non-hydrogen) atoms. The standard InChI is InChI=1S/C12H16N2O2S/c1-3-17(15,16)14-12-7-6-10(2)11(9-12)5-4-8-13/h6-7,9,14H,3,8,13H2,1-2H3. The first-order valence-electron chi connectivity index (χ1n) is 5.28. The van der Waals surface area contributed by atoms with Crippen molar-refractivity contribution in [2.24, 2.45) is 5.73 Å². The average Bonchev–Trinajstić information content (AvgIpc) is 2.29. The lowest BCUT2D eigenvalue weighted by Gasteiger charge is -2.07. The van der Waals surface area contributed by atoms with Crippen molar-refractivity contribution in [3.63, 3.8) is 0 Å². The van der Waals surface area contributed by atoms with Gasteiger partial charge in [0.05, 0.1) is 12.3 Å². The zero-order valence-corrected chi connectivity index (χ0v) is 10.8. The Bertz CT molecular complexity index is 554. The predicted molar refractivity (Wildman–Crippen MR) is 70.2 cm³/mol. The van der Waals surface area contributed by atoms with Crippen LogP contribution in [0.4, 0.5) is 5.69 Å². The van der Waals surface area contributed by atoms with Gasteiger partial charge in [0.2, 0.25) is 10.0 Å². The molecule has 4 nitrogen and oxygen atoms in total. The van der Waals surface area contributed by atoms with E-state index >= 15 is 0 Å². The second-order valence-corrected chi connectivity index (χ2v) is 5.55. The van der Waals surface area contributed by atoms with Crippen LogP contribution in [-0.2, 0) is 10.0 Å². The van der Waals surface area contributed by atoms with Crippen LogP contribution in [0.1, 0.15) is 18.1 Å². The summed E-state index contributed by atoms with van der Waals surface area (Å²) in [5.74, 6) is 5.70. The number of nitrogens with two attached hydrogens (primary N) is 1. The van der Waals surface area contributed by atoms with Crippen LogP contribution >= 0.6 is 0 Å². The maximum Gasteiger partial charge on any atom is 0.232 e. The van der Waals surface area contributed by atoms with Gasteiger partial charge in [-0.05, 0) is 31.5 Å². The molecule has 0 aliphatic heterocycles. The maximum atomic E-state index is 11.4. The zero-order chi connectivity index (χ0) is 12.9. The van der Waals surface area contributed by atoms with E-state index in [1.54, 1.807) is 19.1 Å². The first kappa shape index (κ1) is 13.6. The van der Waals surface area contributed by atoms with Crippen molar-refractivity contribution in [3.8, 4) is 11.8 Å². The minimum absolute atomic E-state index is 0.0463. The summed E-state index contributed by atoms with van der Waals surface area (Å²) >= 11 is 0. The lowest BCUT2D eigenvalue weighted by Crippen LogP contribution is -2.14. The summed E-state index contributed by atoms with van der Waals surface area (Å²) in [6, 6.07) is 5.26. The monoisotopic (exact) mass is 252 g/mol. The number of nitrogens with one attached hydrogen (secondary N) is 1. The molecule has 1 aromatic rings. The Labute approximate surface area is 102 Å². The van der Waals surface area contributed by atoms with E-state index in [1.807, 2.05) is 13.0 Å². The fourth-order valence-electron chi connectivity index (χ4n) is 1.22. The van der Waals surface area contributed by atoms with Crippen LogP contribution in [-0.4, -0.2) is 20.7 Å². The quantitative estimate of drug-likeness (QED) is 0.790. The molecular formula is C12H16N2O2S. The summed E-state index contributed by atoms with van der Waals surface area (Å²) in [6.07, 6.45) is 0. The molecule has 5 heteroatoms. The molecule has 0 aromatic heterocycles. The molecule has 0 bridgehead atoms. The molecule has 1 aromatic carbocycles. The molecule has 0 amide bonds. The summed E-state index contributed by atoms with van der Waals surface area (Å²) in [5.41, 5.74) is 7.60. The second kappa shape index (κ2) is 5.71. The number of anilines is 1. The van der Waals surface area contributed by atoms with Gasteiger partial charge in [-0.15, -0.1) is 0 Å². The third kappa shape index (κ3) is 4.10. The minimum Gasteiger partial charge on any atom is -0.320 e. The number of hydrogen-bond donors (Lipinski definition) is 2. The Kier molecular flexibility index (Phi) is 4.55. The molecule has 92 valence electrons. The molecule has 0 aliphatic carbocycles. The van der Waals surface area contributed by atoms with Crippen molar-refractivity contribution < 1.29 is 8.42 Å². The Hall–Kier alpha value is -1.51. The second-order valence-electron chi connectivity index (χ2n) is 3.54. The molecule has 3 N–H and O–H groups in total. The topological polar surface area (TPSA) is 72.2 Å². The molecule has 0 aliphatic rings. The van der Waals surface area contributed by atoms with Gasteiger partial charge in [-0.1, -0.05) is 17.9 Å². The summed E-state index contributed by atoms with van der Waals surface area (Å²) in [7, 11) is -3.25. The van der Waals surface area contributed by atoms with E-state index in [1.165, 1.54) is 0 Å². The smallest absolute Gasteiger partial charge is 0.232 e. The van der Waals surface area contributed by atoms with Crippen LogP contribution in [0.25, 0.3) is 0 Å². The van der Waals surface area contributed by atoms with Gasteiger partial charge < -0.3 is 5.73 Å². The largest absolute Gasteiger partial charge is 0.320 e. The van der Waals surface area contributed by atoms with E-state index in [9.17, 15) is 8.42 Å². The number of sulfonamides is 1. The molecule has 0 heterocycles. The first-order chi connectivity index (χ1) is 7.98. The van der Waals surface area contributed by atoms with Gasteiger partial charge in [0.1, 0.15) is 0 Å². The van der Waals surface area contributed by atoms with E-state index in [4.69, 9.17) is 5.73 Å². The Morgan fingerprint density at radius 1 is 1.41 bits per heavy atom. The summed E-state index contributed by atoms with van der Waals surface area (Å²) in [4.78, 5) is 0. The number of benzene rings is 1. The molecule has 0 spiro atoms. The van der Waals surface area contributed by atoms with Gasteiger partial charge in [-0.25, -0.2) is 8.42 Å². The summed E-state index contributed by atoms with van der Waals surface area (Å²) in [5, 5.41) is 0. The van der Waals surface area contributed by atoms with Crippen LogP contribution in [0.2, 0.25) is 0 Å². The van der Waals surface area contributed by atoms with Gasteiger partial charge in [0.15, 0.2) is 0 Å². The molecule has 0 atom stereocenters. The fraction of sp³-hybridized carbons (Fsp3) is 0.333. The maximum absolute atomic E-state index is 11.4. The van der Waals surface area contributed by atoms with Crippen LogP contribution in [0, 0.1) is 18.8 Å². The zero-order valence-electron chi connectivity index (χ0n) is 9.95. The van der Waals surface area contributed by atoms with E-state index < -0.39 is 10.0 Å². The Balaban J connectivity index is 3.05. The Morgan fingerprint density at radius 3 is 2.71 bits per heavy atom. The van der Waals surface area contributed by atoms with Gasteiger partial charge in [-0.2, -0.15) is 0 Å². The van der Waals surface area contributed by atoms with Crippen LogP contribution in [0.3, 0.4) is 0 Å². The van der Waals surface area contributed by atoms with E-state index in [0.717, 1.165) is 11.1 Å². The lowest BCUT2D eigenvalue weighted by atomic mass is 10.1. The normalized spacial score (nSPS) is 10.5. The van der Waals surface area contributed by atoms with E-state index in [0.29, 0.717) is 5.69 Å². The molecule has 0 radical (unpaired) electrons. The molecule has 0 saturated carbocycles. The number of rotatable bonds is 3. The van der Waals surface area contributed by atoms with Crippen molar-refractivity contribution >= 4 is 15.7 Å². The third-order valence-electron chi connectivity index (χ3n) is 2.22. The SMILES string of the molecule is CCS(=O)(=O)Nc1ccc(C)c(C#CCN)c1. The molecule has 0 unspecified atom stereocenters. The highest BCUT2D eigenvalue weighted by Gasteiger charge is 2.07. The fourth-order valence-corrected chi connectivity index (χ4v) is 1.85. The van der Waals surface area contributed by atoms with E-state index in [2.05, 4.69) is 16.6 Å². The summed E-state index contributed by atoms with van der Waals surface area (Å²) in [6.45, 7) is 3.79. The van der Waals surface area contributed by atoms with Crippen molar-refractivity contribution in [1.82, 2.24) is 0 Å². The Morgan fingerprint density at radius 2 is 2.12 bits per heavy atom. The van der Waals surface area contributed by atoms with Crippen molar-refractivity contribution in [3.05, 3.63) is 29.3 Å². The van der Waals surface area contributed by atoms with Crippen LogP contribution in [0.5, 0.6) is 0 Å². The van der Waals surface area contributed by atoms with E-state index in [-0.39, 0.29) is 12.3 Å². The molecule has 0 saturated heterocycles. The highest BCUT2D eigenvalue weighted by Crippen LogP contribution is 2.15. The van der Waals surface area contributed by atoms with Crippen LogP contribution in [0.15, 0.2) is 18.2 Å². The van der Waals surface area contributed by atoms with Gasteiger partial charge >= 0.3 is 0 Å². The van der Waals surface area contributed by atoms with Crippen molar-refractivity contribution in [2.45, 2.75) is 13.8 Å². The number of hydrogen-bond acceptors (Lipinski definition) is 3. The number of aryl methyl sites for hydroxylation is 1. The molecule has 1 rings (SSSR count). The average molecular weight is 252 g/mol. The molecular weight excluding hydrogens is 236 g/mol. The van der Waals surface area contributed by atoms with Crippen molar-refractivity contribution in [1.29, 1.82) is 0 Å². The first-order valence-corrected chi connectivity index (χ1v) is 6.94. The predicted octanol–water partition coefficient (Wildman–Crippen LogP) is 1.07. The van der Waals surface area contributed by atoms with Gasteiger partial charge in [-0.3, -0.25) is 4.72 Å². The highest BCUT2D eigenvalue weighted by atomic mass is 32.2. The highest BCUT2D eigenvalue weighted by molar-refractivity contribution is 7.92. The third-order valence-corrected chi connectivity index (χ3v) is 3.52. The molecule has 0 fully saturated rings. The van der Waals surface area contributed by atoms with Gasteiger partial charge in [0.25, 0.3) is 0 Å². The lowest BCUT2D eigenvalue weighted by molar-refractivity contribution is 0.602. The minimum atomic E-state index is -3.25.